The van der Waals surface area contributed by atoms with Gasteiger partial charge < -0.3 is 5.73 Å². The maximum absolute atomic E-state index is 12.5. The van der Waals surface area contributed by atoms with E-state index in [0.29, 0.717) is 10.6 Å². The van der Waals surface area contributed by atoms with Crippen molar-refractivity contribution >= 4 is 17.4 Å². The molecule has 0 spiro atoms. The lowest BCUT2D eigenvalue weighted by atomic mass is 10.2. The maximum Gasteiger partial charge on any atom is 0.416 e. The number of nitrogens with zero attached hydrogens (tertiary/aromatic N) is 2. The van der Waals surface area contributed by atoms with E-state index in [2.05, 4.69) is 5.10 Å². The second-order valence-corrected chi connectivity index (χ2v) is 5.26. The molecule has 0 atom stereocenters. The number of rotatable bonds is 4. The molecule has 2 rings (SSSR count). The van der Waals surface area contributed by atoms with E-state index in [9.17, 15) is 13.2 Å². The average molecular weight is 301 g/mol. The Balaban J connectivity index is 2.06. The fourth-order valence-electron chi connectivity index (χ4n) is 1.67. The minimum absolute atomic E-state index is 0.146. The topological polar surface area (TPSA) is 43.8 Å². The first-order valence-corrected chi connectivity index (χ1v) is 6.99. The van der Waals surface area contributed by atoms with Crippen LogP contribution in [0.4, 0.5) is 18.9 Å². The Bertz CT molecular complexity index is 593. The number of nitrogens with two attached hydrogens (primary N) is 1. The summed E-state index contributed by atoms with van der Waals surface area (Å²) in [6, 6.07) is 3.43. The van der Waals surface area contributed by atoms with Crippen LogP contribution in [0.3, 0.4) is 0 Å². The van der Waals surface area contributed by atoms with Gasteiger partial charge in [-0.05, 0) is 25.1 Å². The van der Waals surface area contributed by atoms with Gasteiger partial charge in [-0.2, -0.15) is 18.3 Å². The second kappa shape index (κ2) is 5.78. The maximum atomic E-state index is 12.5. The third-order valence-corrected chi connectivity index (χ3v) is 3.90. The summed E-state index contributed by atoms with van der Waals surface area (Å²) in [7, 11) is 0. The summed E-state index contributed by atoms with van der Waals surface area (Å²) in [5.41, 5.74) is 6.10. The highest BCUT2D eigenvalue weighted by molar-refractivity contribution is 7.98. The Hall–Kier alpha value is -1.63. The van der Waals surface area contributed by atoms with Gasteiger partial charge in [-0.15, -0.1) is 11.8 Å². The zero-order valence-corrected chi connectivity index (χ0v) is 11.6. The molecular weight excluding hydrogens is 287 g/mol. The molecule has 1 aromatic carbocycles. The van der Waals surface area contributed by atoms with Gasteiger partial charge in [0.1, 0.15) is 0 Å². The van der Waals surface area contributed by atoms with Crippen molar-refractivity contribution in [1.29, 1.82) is 0 Å². The first-order valence-electron chi connectivity index (χ1n) is 6.01. The van der Waals surface area contributed by atoms with E-state index in [0.717, 1.165) is 24.2 Å². The highest BCUT2D eigenvalue weighted by Gasteiger charge is 2.30. The van der Waals surface area contributed by atoms with Gasteiger partial charge in [0.05, 0.1) is 11.8 Å². The second-order valence-electron chi connectivity index (χ2n) is 4.24. The van der Waals surface area contributed by atoms with Crippen LogP contribution in [0.15, 0.2) is 35.5 Å². The van der Waals surface area contributed by atoms with Crippen molar-refractivity contribution in [1.82, 2.24) is 9.78 Å². The molecule has 1 heterocycles. The summed E-state index contributed by atoms with van der Waals surface area (Å²) in [4.78, 5) is 0.641. The number of halogens is 3. The Morgan fingerprint density at radius 2 is 2.10 bits per heavy atom. The van der Waals surface area contributed by atoms with Crippen molar-refractivity contribution in [2.45, 2.75) is 30.3 Å². The van der Waals surface area contributed by atoms with Crippen LogP contribution in [-0.2, 0) is 18.5 Å². The standard InChI is InChI=1S/C13H14F3N3S/c1-2-19-7-9(6-18-19)8-20-12-4-3-10(5-11(12)17)13(14,15)16/h3-7H,2,8,17H2,1H3. The molecule has 2 N–H and O–H groups in total. The molecule has 0 aliphatic carbocycles. The van der Waals surface area contributed by atoms with Crippen molar-refractivity contribution in [2.24, 2.45) is 0 Å². The van der Waals surface area contributed by atoms with Crippen molar-refractivity contribution in [3.05, 3.63) is 41.7 Å². The largest absolute Gasteiger partial charge is 0.416 e. The third kappa shape index (κ3) is 3.47. The van der Waals surface area contributed by atoms with Crippen LogP contribution in [-0.4, -0.2) is 9.78 Å². The number of aryl methyl sites for hydroxylation is 1. The van der Waals surface area contributed by atoms with Gasteiger partial charge in [-0.1, -0.05) is 0 Å². The highest BCUT2D eigenvalue weighted by atomic mass is 32.2. The Morgan fingerprint density at radius 1 is 1.35 bits per heavy atom. The summed E-state index contributed by atoms with van der Waals surface area (Å²) in [6.07, 6.45) is -0.705. The summed E-state index contributed by atoms with van der Waals surface area (Å²) in [5.74, 6) is 0.621. The lowest BCUT2D eigenvalue weighted by Gasteiger charge is -2.10. The Labute approximate surface area is 119 Å². The molecule has 3 nitrogen and oxygen atoms in total. The molecule has 0 aliphatic rings. The van der Waals surface area contributed by atoms with E-state index >= 15 is 0 Å². The number of aromatic nitrogens is 2. The number of alkyl halides is 3. The Morgan fingerprint density at radius 3 is 2.65 bits per heavy atom. The molecule has 0 bridgehead atoms. The number of hydrogen-bond donors (Lipinski definition) is 1. The van der Waals surface area contributed by atoms with Gasteiger partial charge in [-0.3, -0.25) is 4.68 Å². The van der Waals surface area contributed by atoms with Gasteiger partial charge in [0.15, 0.2) is 0 Å². The van der Waals surface area contributed by atoms with Gasteiger partial charge in [-0.25, -0.2) is 0 Å². The molecule has 108 valence electrons. The predicted octanol–water partition coefficient (Wildman–Crippen LogP) is 3.80. The third-order valence-electron chi connectivity index (χ3n) is 2.74. The predicted molar refractivity (Wildman–Crippen MR) is 73.3 cm³/mol. The summed E-state index contributed by atoms with van der Waals surface area (Å²) >= 11 is 1.40. The molecule has 7 heteroatoms. The van der Waals surface area contributed by atoms with Gasteiger partial charge in [0, 0.05) is 34.6 Å². The summed E-state index contributed by atoms with van der Waals surface area (Å²) in [6.45, 7) is 2.77. The van der Waals surface area contributed by atoms with Gasteiger partial charge >= 0.3 is 6.18 Å². The van der Waals surface area contributed by atoms with E-state index in [4.69, 9.17) is 5.73 Å². The SMILES string of the molecule is CCn1cc(CSc2ccc(C(F)(F)F)cc2N)cn1. The van der Waals surface area contributed by atoms with Crippen LogP contribution in [0.5, 0.6) is 0 Å². The molecule has 0 amide bonds. The normalized spacial score (nSPS) is 11.8. The Kier molecular flexibility index (Phi) is 4.27. The van der Waals surface area contributed by atoms with E-state index < -0.39 is 11.7 Å². The number of benzene rings is 1. The zero-order chi connectivity index (χ0) is 14.8. The fourth-order valence-corrected chi connectivity index (χ4v) is 2.53. The van der Waals surface area contributed by atoms with Crippen molar-refractivity contribution in [3.8, 4) is 0 Å². The van der Waals surface area contributed by atoms with E-state index in [-0.39, 0.29) is 5.69 Å². The quantitative estimate of drug-likeness (QED) is 0.690. The molecule has 1 aromatic heterocycles. The number of nitrogen functional groups attached to an aromatic ring is 1. The molecule has 0 saturated carbocycles. The van der Waals surface area contributed by atoms with Crippen molar-refractivity contribution in [2.75, 3.05) is 5.73 Å². The fraction of sp³-hybridized carbons (Fsp3) is 0.308. The van der Waals surface area contributed by atoms with Crippen molar-refractivity contribution < 1.29 is 13.2 Å². The van der Waals surface area contributed by atoms with Crippen LogP contribution in [0.25, 0.3) is 0 Å². The monoisotopic (exact) mass is 301 g/mol. The molecule has 0 aliphatic heterocycles. The van der Waals surface area contributed by atoms with E-state index in [1.165, 1.54) is 17.8 Å². The molecule has 0 radical (unpaired) electrons. The highest BCUT2D eigenvalue weighted by Crippen LogP contribution is 2.35. The van der Waals surface area contributed by atoms with E-state index in [1.807, 2.05) is 13.1 Å². The lowest BCUT2D eigenvalue weighted by Crippen LogP contribution is -2.05. The number of thioether (sulfide) groups is 1. The number of anilines is 1. The van der Waals surface area contributed by atoms with Crippen LogP contribution >= 0.6 is 11.8 Å². The smallest absolute Gasteiger partial charge is 0.398 e. The summed E-state index contributed by atoms with van der Waals surface area (Å²) < 4.78 is 39.4. The molecule has 0 saturated heterocycles. The first kappa shape index (κ1) is 14.8. The lowest BCUT2D eigenvalue weighted by molar-refractivity contribution is -0.137. The minimum Gasteiger partial charge on any atom is -0.398 e. The van der Waals surface area contributed by atoms with Crippen molar-refractivity contribution in [3.63, 3.8) is 0 Å². The average Bonchev–Trinajstić information content (AvgIpc) is 2.84. The van der Waals surface area contributed by atoms with Gasteiger partial charge in [0.25, 0.3) is 0 Å². The minimum atomic E-state index is -4.36. The zero-order valence-electron chi connectivity index (χ0n) is 10.8. The molecule has 2 aromatic rings. The number of hydrogen-bond acceptors (Lipinski definition) is 3. The van der Waals surface area contributed by atoms with Crippen LogP contribution in [0.1, 0.15) is 18.1 Å². The summed E-state index contributed by atoms with van der Waals surface area (Å²) in [5, 5.41) is 4.14. The first-order chi connectivity index (χ1) is 9.40. The van der Waals surface area contributed by atoms with Crippen LogP contribution in [0.2, 0.25) is 0 Å². The molecule has 0 fully saturated rings. The van der Waals surface area contributed by atoms with Gasteiger partial charge in [0.2, 0.25) is 0 Å². The molecule has 20 heavy (non-hydrogen) atoms. The van der Waals surface area contributed by atoms with E-state index in [1.54, 1.807) is 10.9 Å². The molecule has 0 unspecified atom stereocenters. The van der Waals surface area contributed by atoms with Crippen LogP contribution < -0.4 is 5.73 Å². The molecular formula is C13H14F3N3S. The van der Waals surface area contributed by atoms with Crippen LogP contribution in [0, 0.1) is 0 Å².